The largest absolute Gasteiger partial charge is 0.494 e. The van der Waals surface area contributed by atoms with Gasteiger partial charge in [-0.05, 0) is 6.42 Å². The summed E-state index contributed by atoms with van der Waals surface area (Å²) in [4.78, 5) is 11.5. The minimum Gasteiger partial charge on any atom is -0.494 e. The van der Waals surface area contributed by atoms with Crippen LogP contribution in [-0.4, -0.2) is 19.7 Å². The standard InChI is InChI=1S/C11H13F2NO3/c1-3-4-17-11(15)8-9(13)7(16-2)5-6(12)10(8)14/h5H,3-4,14H2,1-2H3. The summed E-state index contributed by atoms with van der Waals surface area (Å²) >= 11 is 0. The maximum atomic E-state index is 13.7. The Hall–Kier alpha value is -1.85. The summed E-state index contributed by atoms with van der Waals surface area (Å²) in [5.74, 6) is -3.33. The van der Waals surface area contributed by atoms with Gasteiger partial charge in [0.1, 0.15) is 5.56 Å². The molecule has 0 aliphatic rings. The number of ether oxygens (including phenoxy) is 2. The number of rotatable bonds is 4. The van der Waals surface area contributed by atoms with Crippen molar-refractivity contribution in [2.45, 2.75) is 13.3 Å². The van der Waals surface area contributed by atoms with E-state index in [1.807, 2.05) is 0 Å². The quantitative estimate of drug-likeness (QED) is 0.652. The lowest BCUT2D eigenvalue weighted by molar-refractivity contribution is 0.0499. The minimum atomic E-state index is -1.02. The molecular formula is C11H13F2NO3. The number of nitrogen functional groups attached to an aromatic ring is 1. The molecule has 0 bridgehead atoms. The van der Waals surface area contributed by atoms with E-state index in [0.29, 0.717) is 6.42 Å². The molecule has 0 aliphatic heterocycles. The third kappa shape index (κ3) is 2.64. The number of methoxy groups -OCH3 is 1. The number of hydrogen-bond acceptors (Lipinski definition) is 4. The zero-order chi connectivity index (χ0) is 13.0. The van der Waals surface area contributed by atoms with Crippen LogP contribution in [0.25, 0.3) is 0 Å². The van der Waals surface area contributed by atoms with Gasteiger partial charge >= 0.3 is 5.97 Å². The normalized spacial score (nSPS) is 10.1. The molecule has 0 saturated heterocycles. The molecular weight excluding hydrogens is 232 g/mol. The second-order valence-corrected chi connectivity index (χ2v) is 3.30. The molecule has 0 spiro atoms. The molecule has 0 aliphatic carbocycles. The second-order valence-electron chi connectivity index (χ2n) is 3.30. The van der Waals surface area contributed by atoms with Crippen LogP contribution >= 0.6 is 0 Å². The molecule has 0 radical (unpaired) electrons. The molecule has 0 heterocycles. The zero-order valence-electron chi connectivity index (χ0n) is 9.55. The van der Waals surface area contributed by atoms with Crippen molar-refractivity contribution < 1.29 is 23.0 Å². The van der Waals surface area contributed by atoms with Crippen LogP contribution in [0.15, 0.2) is 6.07 Å². The molecule has 6 heteroatoms. The van der Waals surface area contributed by atoms with Gasteiger partial charge in [0.25, 0.3) is 0 Å². The van der Waals surface area contributed by atoms with E-state index in [1.165, 1.54) is 0 Å². The van der Waals surface area contributed by atoms with Crippen LogP contribution in [0.1, 0.15) is 23.7 Å². The third-order valence-corrected chi connectivity index (χ3v) is 2.08. The first-order chi connectivity index (χ1) is 8.02. The van der Waals surface area contributed by atoms with Gasteiger partial charge in [0.05, 0.1) is 19.4 Å². The number of nitrogens with two attached hydrogens (primary N) is 1. The summed E-state index contributed by atoms with van der Waals surface area (Å²) in [6.45, 7) is 1.88. The molecule has 17 heavy (non-hydrogen) atoms. The van der Waals surface area contributed by atoms with Gasteiger partial charge in [-0.1, -0.05) is 6.92 Å². The Morgan fingerprint density at radius 1 is 1.47 bits per heavy atom. The molecule has 94 valence electrons. The maximum absolute atomic E-state index is 13.7. The predicted octanol–water partition coefficient (Wildman–Crippen LogP) is 2.12. The van der Waals surface area contributed by atoms with Gasteiger partial charge in [-0.3, -0.25) is 0 Å². The van der Waals surface area contributed by atoms with E-state index >= 15 is 0 Å². The Morgan fingerprint density at radius 3 is 2.65 bits per heavy atom. The van der Waals surface area contributed by atoms with Gasteiger partial charge in [-0.25, -0.2) is 13.6 Å². The van der Waals surface area contributed by atoms with E-state index in [9.17, 15) is 13.6 Å². The number of hydrogen-bond donors (Lipinski definition) is 1. The average Bonchev–Trinajstić information content (AvgIpc) is 2.31. The summed E-state index contributed by atoms with van der Waals surface area (Å²) < 4.78 is 36.3. The Kier molecular flexibility index (Phi) is 4.25. The Labute approximate surface area is 97.3 Å². The molecule has 0 unspecified atom stereocenters. The predicted molar refractivity (Wildman–Crippen MR) is 57.9 cm³/mol. The molecule has 0 amide bonds. The first-order valence-electron chi connectivity index (χ1n) is 5.01. The number of carbonyl (C=O) groups excluding carboxylic acids is 1. The van der Waals surface area contributed by atoms with Gasteiger partial charge in [0.2, 0.25) is 0 Å². The van der Waals surface area contributed by atoms with Crippen LogP contribution in [0.2, 0.25) is 0 Å². The number of anilines is 1. The first-order valence-corrected chi connectivity index (χ1v) is 5.01. The fourth-order valence-corrected chi connectivity index (χ4v) is 1.23. The first kappa shape index (κ1) is 13.2. The van der Waals surface area contributed by atoms with E-state index in [-0.39, 0.29) is 12.4 Å². The molecule has 1 aromatic carbocycles. The summed E-state index contributed by atoms with van der Waals surface area (Å²) in [6.07, 6.45) is 0.569. The highest BCUT2D eigenvalue weighted by Crippen LogP contribution is 2.29. The Morgan fingerprint density at radius 2 is 2.12 bits per heavy atom. The van der Waals surface area contributed by atoms with Crippen LogP contribution in [0.5, 0.6) is 5.75 Å². The Bertz CT molecular complexity index is 435. The highest BCUT2D eigenvalue weighted by molar-refractivity contribution is 5.96. The van der Waals surface area contributed by atoms with Crippen molar-refractivity contribution in [3.63, 3.8) is 0 Å². The van der Waals surface area contributed by atoms with E-state index in [1.54, 1.807) is 6.92 Å². The van der Waals surface area contributed by atoms with Crippen molar-refractivity contribution in [1.29, 1.82) is 0 Å². The molecule has 0 fully saturated rings. The highest BCUT2D eigenvalue weighted by atomic mass is 19.1. The second kappa shape index (κ2) is 5.47. The number of halogens is 2. The molecule has 1 aromatic rings. The van der Waals surface area contributed by atoms with Gasteiger partial charge in [0.15, 0.2) is 17.4 Å². The summed E-state index contributed by atoms with van der Waals surface area (Å²) in [5, 5.41) is 0. The maximum Gasteiger partial charge on any atom is 0.343 e. The van der Waals surface area contributed by atoms with Crippen LogP contribution in [0, 0.1) is 11.6 Å². The van der Waals surface area contributed by atoms with Crippen LogP contribution in [-0.2, 0) is 4.74 Å². The van der Waals surface area contributed by atoms with Crippen molar-refractivity contribution in [2.75, 3.05) is 19.5 Å². The van der Waals surface area contributed by atoms with Crippen molar-refractivity contribution in [3.05, 3.63) is 23.3 Å². The summed E-state index contributed by atoms with van der Waals surface area (Å²) in [7, 11) is 1.16. The lowest BCUT2D eigenvalue weighted by Gasteiger charge is -2.10. The Balaban J connectivity index is 3.21. The number of benzene rings is 1. The molecule has 0 atom stereocenters. The third-order valence-electron chi connectivity index (χ3n) is 2.08. The zero-order valence-corrected chi connectivity index (χ0v) is 9.55. The molecule has 0 saturated carbocycles. The average molecular weight is 245 g/mol. The highest BCUT2D eigenvalue weighted by Gasteiger charge is 2.24. The lowest BCUT2D eigenvalue weighted by Crippen LogP contribution is -2.13. The van der Waals surface area contributed by atoms with E-state index < -0.39 is 28.9 Å². The molecule has 4 nitrogen and oxygen atoms in total. The fraction of sp³-hybridized carbons (Fsp3) is 0.364. The smallest absolute Gasteiger partial charge is 0.343 e. The summed E-state index contributed by atoms with van der Waals surface area (Å²) in [5.41, 5.74) is 4.10. The summed E-state index contributed by atoms with van der Waals surface area (Å²) in [6, 6.07) is 0.779. The van der Waals surface area contributed by atoms with Crippen molar-refractivity contribution in [3.8, 4) is 5.75 Å². The van der Waals surface area contributed by atoms with E-state index in [0.717, 1.165) is 13.2 Å². The topological polar surface area (TPSA) is 61.5 Å². The van der Waals surface area contributed by atoms with Crippen LogP contribution in [0.4, 0.5) is 14.5 Å². The monoisotopic (exact) mass is 245 g/mol. The lowest BCUT2D eigenvalue weighted by atomic mass is 10.1. The fourth-order valence-electron chi connectivity index (χ4n) is 1.23. The van der Waals surface area contributed by atoms with Crippen LogP contribution < -0.4 is 10.5 Å². The molecule has 0 aromatic heterocycles. The SMILES string of the molecule is CCCOC(=O)c1c(N)c(F)cc(OC)c1F. The van der Waals surface area contributed by atoms with Crippen LogP contribution in [0.3, 0.4) is 0 Å². The van der Waals surface area contributed by atoms with Gasteiger partial charge < -0.3 is 15.2 Å². The number of carbonyl (C=O) groups is 1. The van der Waals surface area contributed by atoms with E-state index in [4.69, 9.17) is 10.5 Å². The number of esters is 1. The van der Waals surface area contributed by atoms with Crippen molar-refractivity contribution >= 4 is 11.7 Å². The van der Waals surface area contributed by atoms with Gasteiger partial charge in [-0.15, -0.1) is 0 Å². The molecule has 1 rings (SSSR count). The van der Waals surface area contributed by atoms with Crippen molar-refractivity contribution in [2.24, 2.45) is 0 Å². The van der Waals surface area contributed by atoms with Crippen molar-refractivity contribution in [1.82, 2.24) is 0 Å². The van der Waals surface area contributed by atoms with Gasteiger partial charge in [0, 0.05) is 6.07 Å². The minimum absolute atomic E-state index is 0.108. The molecule has 2 N–H and O–H groups in total. The van der Waals surface area contributed by atoms with Gasteiger partial charge in [-0.2, -0.15) is 0 Å². The van der Waals surface area contributed by atoms with E-state index in [2.05, 4.69) is 4.74 Å².